The zero-order valence-corrected chi connectivity index (χ0v) is 18.4. The van der Waals surface area contributed by atoms with Gasteiger partial charge in [-0.2, -0.15) is 0 Å². The zero-order valence-electron chi connectivity index (χ0n) is 16.1. The molecule has 6 nitrogen and oxygen atoms in total. The van der Waals surface area contributed by atoms with Gasteiger partial charge >= 0.3 is 0 Å². The van der Waals surface area contributed by atoms with Crippen molar-refractivity contribution in [2.75, 3.05) is 67.0 Å². The van der Waals surface area contributed by atoms with Crippen molar-refractivity contribution in [3.8, 4) is 0 Å². The molecule has 25 heavy (non-hydrogen) atoms. The Morgan fingerprint density at radius 2 is 1.80 bits per heavy atom. The van der Waals surface area contributed by atoms with Gasteiger partial charge in [-0.1, -0.05) is 0 Å². The number of hydrogen-bond donors (Lipinski definition) is 1. The number of piperazine rings is 1. The standard InChI is InChI=1S/C18H35N5O.HI/c1-19-18(20-12-16-13-21(2)10-11-22(16)3)23-8-6-17(7-9-23)24-14-15-4-5-15;/h15-17H,4-14H2,1-3H3,(H,19,20);1H. The largest absolute Gasteiger partial charge is 0.378 e. The molecule has 0 aromatic carbocycles. The molecule has 3 aliphatic rings. The Morgan fingerprint density at radius 3 is 2.44 bits per heavy atom. The molecule has 0 aromatic heterocycles. The van der Waals surface area contributed by atoms with Crippen LogP contribution in [0.15, 0.2) is 4.99 Å². The number of likely N-dealkylation sites (N-methyl/N-ethyl adjacent to an activating group) is 2. The van der Waals surface area contributed by atoms with Crippen LogP contribution in [0.3, 0.4) is 0 Å². The maximum Gasteiger partial charge on any atom is 0.193 e. The van der Waals surface area contributed by atoms with Gasteiger partial charge in [0.1, 0.15) is 0 Å². The Morgan fingerprint density at radius 1 is 1.08 bits per heavy atom. The highest BCUT2D eigenvalue weighted by Gasteiger charge is 2.27. The lowest BCUT2D eigenvalue weighted by atomic mass is 10.1. The number of rotatable bonds is 5. The summed E-state index contributed by atoms with van der Waals surface area (Å²) >= 11 is 0. The van der Waals surface area contributed by atoms with Crippen molar-refractivity contribution in [2.24, 2.45) is 10.9 Å². The summed E-state index contributed by atoms with van der Waals surface area (Å²) in [5.74, 6) is 1.92. The fourth-order valence-electron chi connectivity index (χ4n) is 3.65. The third-order valence-electron chi connectivity index (χ3n) is 5.69. The van der Waals surface area contributed by atoms with Crippen LogP contribution < -0.4 is 5.32 Å². The molecule has 1 unspecified atom stereocenters. The summed E-state index contributed by atoms with van der Waals surface area (Å²) < 4.78 is 6.05. The number of hydrogen-bond acceptors (Lipinski definition) is 4. The van der Waals surface area contributed by atoms with Crippen molar-refractivity contribution >= 4 is 29.9 Å². The van der Waals surface area contributed by atoms with E-state index in [1.807, 2.05) is 7.05 Å². The van der Waals surface area contributed by atoms with Crippen LogP contribution in [-0.2, 0) is 4.74 Å². The number of guanidine groups is 1. The van der Waals surface area contributed by atoms with Gasteiger partial charge in [0.15, 0.2) is 5.96 Å². The molecule has 1 saturated carbocycles. The van der Waals surface area contributed by atoms with E-state index in [0.717, 1.165) is 70.6 Å². The number of piperidine rings is 1. The molecule has 0 bridgehead atoms. The molecule has 0 aromatic rings. The fraction of sp³-hybridized carbons (Fsp3) is 0.944. The van der Waals surface area contributed by atoms with E-state index in [4.69, 9.17) is 4.74 Å². The SMILES string of the molecule is CN=C(NCC1CN(C)CCN1C)N1CCC(OCC2CC2)CC1.I. The summed E-state index contributed by atoms with van der Waals surface area (Å²) in [5, 5.41) is 3.60. The molecular weight excluding hydrogens is 429 g/mol. The van der Waals surface area contributed by atoms with Gasteiger partial charge in [-0.15, -0.1) is 24.0 Å². The fourth-order valence-corrected chi connectivity index (χ4v) is 3.65. The smallest absolute Gasteiger partial charge is 0.193 e. The first-order valence-corrected chi connectivity index (χ1v) is 9.61. The van der Waals surface area contributed by atoms with Gasteiger partial charge in [0, 0.05) is 59.0 Å². The van der Waals surface area contributed by atoms with Crippen LogP contribution in [0.25, 0.3) is 0 Å². The molecule has 0 amide bonds. The van der Waals surface area contributed by atoms with E-state index < -0.39 is 0 Å². The lowest BCUT2D eigenvalue weighted by Crippen LogP contribution is -2.56. The highest BCUT2D eigenvalue weighted by Crippen LogP contribution is 2.30. The van der Waals surface area contributed by atoms with Crippen molar-refractivity contribution < 1.29 is 4.74 Å². The Bertz CT molecular complexity index is 424. The maximum atomic E-state index is 6.05. The molecule has 2 aliphatic heterocycles. The first-order chi connectivity index (χ1) is 11.7. The van der Waals surface area contributed by atoms with E-state index in [1.54, 1.807) is 0 Å². The quantitative estimate of drug-likeness (QED) is 0.377. The molecule has 0 spiro atoms. The van der Waals surface area contributed by atoms with Gasteiger partial charge in [-0.05, 0) is 45.7 Å². The monoisotopic (exact) mass is 465 g/mol. The van der Waals surface area contributed by atoms with Crippen LogP contribution in [-0.4, -0.2) is 99.8 Å². The third kappa shape index (κ3) is 6.52. The Hall–Kier alpha value is -0.120. The first kappa shape index (κ1) is 21.2. The van der Waals surface area contributed by atoms with Crippen LogP contribution in [0, 0.1) is 5.92 Å². The highest BCUT2D eigenvalue weighted by molar-refractivity contribution is 14.0. The highest BCUT2D eigenvalue weighted by atomic mass is 127. The summed E-state index contributed by atoms with van der Waals surface area (Å²) in [6, 6.07) is 0.555. The Kier molecular flexibility index (Phi) is 8.71. The molecule has 1 aliphatic carbocycles. The topological polar surface area (TPSA) is 43.3 Å². The van der Waals surface area contributed by atoms with Gasteiger partial charge < -0.3 is 19.9 Å². The summed E-state index contributed by atoms with van der Waals surface area (Å²) in [7, 11) is 6.33. The molecule has 2 saturated heterocycles. The second kappa shape index (κ2) is 10.3. The number of ether oxygens (including phenoxy) is 1. The average Bonchev–Trinajstić information content (AvgIpc) is 3.42. The van der Waals surface area contributed by atoms with Crippen LogP contribution >= 0.6 is 24.0 Å². The predicted molar refractivity (Wildman–Crippen MR) is 114 cm³/mol. The van der Waals surface area contributed by atoms with E-state index in [-0.39, 0.29) is 24.0 Å². The number of halogens is 1. The van der Waals surface area contributed by atoms with Gasteiger partial charge in [0.2, 0.25) is 0 Å². The normalized spacial score (nSPS) is 27.2. The van der Waals surface area contributed by atoms with E-state index in [0.29, 0.717) is 12.1 Å². The lowest BCUT2D eigenvalue weighted by Gasteiger charge is -2.39. The lowest BCUT2D eigenvalue weighted by molar-refractivity contribution is 0.0130. The van der Waals surface area contributed by atoms with Crippen molar-refractivity contribution in [1.29, 1.82) is 0 Å². The Labute approximate surface area is 170 Å². The van der Waals surface area contributed by atoms with E-state index in [9.17, 15) is 0 Å². The maximum absolute atomic E-state index is 6.05. The summed E-state index contributed by atoms with van der Waals surface area (Å²) in [6.07, 6.45) is 5.46. The molecule has 2 heterocycles. The molecule has 146 valence electrons. The van der Waals surface area contributed by atoms with Crippen LogP contribution in [0.5, 0.6) is 0 Å². The molecule has 7 heteroatoms. The average molecular weight is 465 g/mol. The van der Waals surface area contributed by atoms with Gasteiger partial charge in [0.25, 0.3) is 0 Å². The number of nitrogens with zero attached hydrogens (tertiary/aromatic N) is 4. The van der Waals surface area contributed by atoms with Crippen LogP contribution in [0.4, 0.5) is 0 Å². The molecule has 1 N–H and O–H groups in total. The Balaban J connectivity index is 0.00000225. The first-order valence-electron chi connectivity index (χ1n) is 9.61. The molecule has 0 radical (unpaired) electrons. The second-order valence-corrected chi connectivity index (χ2v) is 7.79. The van der Waals surface area contributed by atoms with Crippen molar-refractivity contribution in [3.05, 3.63) is 0 Å². The third-order valence-corrected chi connectivity index (χ3v) is 5.69. The minimum absolute atomic E-state index is 0. The van der Waals surface area contributed by atoms with Crippen molar-refractivity contribution in [3.63, 3.8) is 0 Å². The van der Waals surface area contributed by atoms with Crippen molar-refractivity contribution in [2.45, 2.75) is 37.8 Å². The van der Waals surface area contributed by atoms with E-state index in [1.165, 1.54) is 12.8 Å². The molecule has 3 fully saturated rings. The van der Waals surface area contributed by atoms with Gasteiger partial charge in [0.05, 0.1) is 6.10 Å². The minimum atomic E-state index is 0. The molecular formula is C18H36IN5O. The van der Waals surface area contributed by atoms with E-state index in [2.05, 4.69) is 39.1 Å². The van der Waals surface area contributed by atoms with Crippen LogP contribution in [0.2, 0.25) is 0 Å². The van der Waals surface area contributed by atoms with Crippen LogP contribution in [0.1, 0.15) is 25.7 Å². The predicted octanol–water partition coefficient (Wildman–Crippen LogP) is 1.32. The molecule has 3 rings (SSSR count). The summed E-state index contributed by atoms with van der Waals surface area (Å²) in [6.45, 7) is 7.48. The van der Waals surface area contributed by atoms with E-state index >= 15 is 0 Å². The number of aliphatic imine (C=N–C) groups is 1. The summed E-state index contributed by atoms with van der Waals surface area (Å²) in [5.41, 5.74) is 0. The van der Waals surface area contributed by atoms with Gasteiger partial charge in [-0.3, -0.25) is 9.89 Å². The summed E-state index contributed by atoms with van der Waals surface area (Å²) in [4.78, 5) is 11.8. The van der Waals surface area contributed by atoms with Gasteiger partial charge in [-0.25, -0.2) is 0 Å². The van der Waals surface area contributed by atoms with Crippen molar-refractivity contribution in [1.82, 2.24) is 20.0 Å². The zero-order chi connectivity index (χ0) is 16.9. The second-order valence-electron chi connectivity index (χ2n) is 7.79. The number of nitrogens with one attached hydrogen (secondary N) is 1. The molecule has 1 atom stereocenters. The minimum Gasteiger partial charge on any atom is -0.378 e. The number of likely N-dealkylation sites (tertiary alicyclic amines) is 1.